The van der Waals surface area contributed by atoms with Crippen molar-refractivity contribution in [3.8, 4) is 5.75 Å². The Morgan fingerprint density at radius 3 is 2.55 bits per heavy atom. The van der Waals surface area contributed by atoms with Gasteiger partial charge >= 0.3 is 0 Å². The van der Waals surface area contributed by atoms with Gasteiger partial charge in [-0.15, -0.1) is 0 Å². The molecule has 1 amide bonds. The molecule has 1 aliphatic heterocycles. The number of carbonyl (C=O) groups excluding carboxylic acids is 1. The molecule has 3 aromatic rings. The number of rotatable bonds is 9. The third kappa shape index (κ3) is 6.11. The lowest BCUT2D eigenvalue weighted by atomic mass is 10.1. The minimum Gasteiger partial charge on any atom is -0.494 e. The second-order valence-electron chi connectivity index (χ2n) is 8.74. The molecule has 174 valence electrons. The first-order valence-corrected chi connectivity index (χ1v) is 12.1. The molecule has 1 fully saturated rings. The molecule has 0 aliphatic carbocycles. The van der Waals surface area contributed by atoms with Gasteiger partial charge in [-0.2, -0.15) is 0 Å². The van der Waals surface area contributed by atoms with Gasteiger partial charge in [0.2, 0.25) is 0 Å². The summed E-state index contributed by atoms with van der Waals surface area (Å²) in [5.74, 6) is 0.473. The van der Waals surface area contributed by atoms with E-state index < -0.39 is 0 Å². The fraction of sp³-hybridized carbons (Fsp3) is 0.393. The van der Waals surface area contributed by atoms with E-state index >= 15 is 0 Å². The zero-order valence-corrected chi connectivity index (χ0v) is 19.4. The molecule has 4 rings (SSSR count). The number of benzene rings is 3. The van der Waals surface area contributed by atoms with Crippen molar-refractivity contribution in [3.05, 3.63) is 77.6 Å². The van der Waals surface area contributed by atoms with Gasteiger partial charge in [0.15, 0.2) is 0 Å². The van der Waals surface area contributed by atoms with Crippen LogP contribution in [0.25, 0.3) is 10.8 Å². The van der Waals surface area contributed by atoms with Crippen LogP contribution in [0.2, 0.25) is 0 Å². The normalized spacial score (nSPS) is 14.4. The maximum Gasteiger partial charge on any atom is 0.254 e. The number of hydrogen-bond acceptors (Lipinski definition) is 3. The Morgan fingerprint density at radius 1 is 1.00 bits per heavy atom. The van der Waals surface area contributed by atoms with Crippen molar-refractivity contribution in [2.24, 2.45) is 0 Å². The molecule has 3 aromatic carbocycles. The predicted octanol–water partition coefficient (Wildman–Crippen LogP) is 5.90. The Balaban J connectivity index is 1.37. The molecule has 0 aromatic heterocycles. The number of ether oxygens (including phenoxy) is 1. The summed E-state index contributed by atoms with van der Waals surface area (Å²) in [7, 11) is 0. The third-order valence-electron chi connectivity index (χ3n) is 6.38. The number of likely N-dealkylation sites (tertiary alicyclic amines) is 1. The van der Waals surface area contributed by atoms with Crippen molar-refractivity contribution in [2.45, 2.75) is 39.2 Å². The minimum atomic E-state index is -0.286. The summed E-state index contributed by atoms with van der Waals surface area (Å²) in [6, 6.07) is 18.3. The number of nitrogens with zero attached hydrogens (tertiary/aromatic N) is 2. The Morgan fingerprint density at radius 2 is 1.76 bits per heavy atom. The van der Waals surface area contributed by atoms with Crippen LogP contribution in [0.15, 0.2) is 60.7 Å². The van der Waals surface area contributed by atoms with Crippen LogP contribution in [0.3, 0.4) is 0 Å². The van der Waals surface area contributed by atoms with Gasteiger partial charge in [-0.25, -0.2) is 4.39 Å². The molecular formula is C28H33FN2O2. The zero-order valence-electron chi connectivity index (χ0n) is 19.4. The molecule has 0 spiro atoms. The number of piperidine rings is 1. The van der Waals surface area contributed by atoms with Gasteiger partial charge in [-0.1, -0.05) is 36.8 Å². The van der Waals surface area contributed by atoms with Crippen molar-refractivity contribution in [1.82, 2.24) is 9.80 Å². The summed E-state index contributed by atoms with van der Waals surface area (Å²) >= 11 is 0. The van der Waals surface area contributed by atoms with Gasteiger partial charge in [-0.3, -0.25) is 4.79 Å². The lowest BCUT2D eigenvalue weighted by Gasteiger charge is -2.26. The highest BCUT2D eigenvalue weighted by atomic mass is 19.1. The molecule has 33 heavy (non-hydrogen) atoms. The van der Waals surface area contributed by atoms with E-state index in [1.54, 1.807) is 23.1 Å². The van der Waals surface area contributed by atoms with Crippen LogP contribution in [0.1, 0.15) is 48.5 Å². The predicted molar refractivity (Wildman–Crippen MR) is 131 cm³/mol. The molecule has 0 atom stereocenters. The summed E-state index contributed by atoms with van der Waals surface area (Å²) in [4.78, 5) is 17.3. The Labute approximate surface area is 196 Å². The SMILES string of the molecule is CCN(Cc1ccccc1F)C(=O)c1ccc2cc(OCCCN3CCCCC3)ccc2c1. The second kappa shape index (κ2) is 11.3. The molecule has 1 saturated heterocycles. The molecular weight excluding hydrogens is 415 g/mol. The third-order valence-corrected chi connectivity index (χ3v) is 6.38. The number of halogens is 1. The maximum absolute atomic E-state index is 14.1. The highest BCUT2D eigenvalue weighted by molar-refractivity contribution is 5.98. The molecule has 1 aliphatic rings. The molecule has 5 heteroatoms. The fourth-order valence-electron chi connectivity index (χ4n) is 4.45. The zero-order chi connectivity index (χ0) is 23.0. The van der Waals surface area contributed by atoms with Crippen LogP contribution in [-0.4, -0.2) is 48.5 Å². The monoisotopic (exact) mass is 448 g/mol. The van der Waals surface area contributed by atoms with E-state index in [-0.39, 0.29) is 18.3 Å². The Bertz CT molecular complexity index is 1080. The van der Waals surface area contributed by atoms with Gasteiger partial charge in [0.05, 0.1) is 6.61 Å². The largest absolute Gasteiger partial charge is 0.494 e. The quantitative estimate of drug-likeness (QED) is 0.382. The van der Waals surface area contributed by atoms with Gasteiger partial charge < -0.3 is 14.5 Å². The number of amides is 1. The van der Waals surface area contributed by atoms with Crippen molar-refractivity contribution in [1.29, 1.82) is 0 Å². The van der Waals surface area contributed by atoms with E-state index in [2.05, 4.69) is 4.90 Å². The average Bonchev–Trinajstić information content (AvgIpc) is 2.86. The standard InChI is InChI=1S/C28H33FN2O2/c1-2-31(21-25-9-4-5-10-27(25)29)28(32)24-12-11-23-20-26(14-13-22(23)19-24)33-18-8-17-30-15-6-3-7-16-30/h4-5,9-14,19-20H,2-3,6-8,15-18,21H2,1H3. The van der Waals surface area contributed by atoms with E-state index in [0.717, 1.165) is 29.5 Å². The van der Waals surface area contributed by atoms with Crippen molar-refractivity contribution >= 4 is 16.7 Å². The van der Waals surface area contributed by atoms with Crippen LogP contribution >= 0.6 is 0 Å². The Kier molecular flexibility index (Phi) is 7.95. The summed E-state index contributed by atoms with van der Waals surface area (Å²) in [6.07, 6.45) is 5.02. The van der Waals surface area contributed by atoms with Crippen LogP contribution in [-0.2, 0) is 6.54 Å². The molecule has 0 N–H and O–H groups in total. The first-order valence-electron chi connectivity index (χ1n) is 12.1. The van der Waals surface area contributed by atoms with E-state index in [0.29, 0.717) is 24.3 Å². The first-order chi connectivity index (χ1) is 16.1. The van der Waals surface area contributed by atoms with E-state index in [1.807, 2.05) is 43.3 Å². The van der Waals surface area contributed by atoms with Gasteiger partial charge in [0, 0.05) is 30.8 Å². The van der Waals surface area contributed by atoms with Crippen molar-refractivity contribution in [2.75, 3.05) is 32.8 Å². The summed E-state index contributed by atoms with van der Waals surface area (Å²) < 4.78 is 20.0. The topological polar surface area (TPSA) is 32.8 Å². The fourth-order valence-corrected chi connectivity index (χ4v) is 4.45. The van der Waals surface area contributed by atoms with E-state index in [1.165, 1.54) is 38.4 Å². The summed E-state index contributed by atoms with van der Waals surface area (Å²) in [5, 5.41) is 2.03. The van der Waals surface area contributed by atoms with Crippen LogP contribution < -0.4 is 4.74 Å². The molecule has 0 radical (unpaired) electrons. The van der Waals surface area contributed by atoms with Crippen LogP contribution in [0, 0.1) is 5.82 Å². The minimum absolute atomic E-state index is 0.0966. The smallest absolute Gasteiger partial charge is 0.254 e. The molecule has 0 bridgehead atoms. The Hall–Kier alpha value is -2.92. The summed E-state index contributed by atoms with van der Waals surface area (Å²) in [6.45, 7) is 6.91. The van der Waals surface area contributed by atoms with Crippen molar-refractivity contribution < 1.29 is 13.9 Å². The van der Waals surface area contributed by atoms with E-state index in [9.17, 15) is 9.18 Å². The highest BCUT2D eigenvalue weighted by Crippen LogP contribution is 2.23. The lowest BCUT2D eigenvalue weighted by Crippen LogP contribution is -2.31. The van der Waals surface area contributed by atoms with Gasteiger partial charge in [-0.05, 0) is 80.4 Å². The number of fused-ring (bicyclic) bond motifs is 1. The van der Waals surface area contributed by atoms with Gasteiger partial charge in [0.25, 0.3) is 5.91 Å². The van der Waals surface area contributed by atoms with E-state index in [4.69, 9.17) is 4.74 Å². The van der Waals surface area contributed by atoms with Crippen LogP contribution in [0.5, 0.6) is 5.75 Å². The number of carbonyl (C=O) groups is 1. The summed E-state index contributed by atoms with van der Waals surface area (Å²) in [5.41, 5.74) is 1.13. The number of hydrogen-bond donors (Lipinski definition) is 0. The first kappa shape index (κ1) is 23.2. The molecule has 0 saturated carbocycles. The second-order valence-corrected chi connectivity index (χ2v) is 8.74. The average molecular weight is 449 g/mol. The molecule has 4 nitrogen and oxygen atoms in total. The molecule has 1 heterocycles. The lowest BCUT2D eigenvalue weighted by molar-refractivity contribution is 0.0751. The highest BCUT2D eigenvalue weighted by Gasteiger charge is 2.17. The van der Waals surface area contributed by atoms with Crippen molar-refractivity contribution in [3.63, 3.8) is 0 Å². The molecule has 0 unspecified atom stereocenters. The van der Waals surface area contributed by atoms with Crippen LogP contribution in [0.4, 0.5) is 4.39 Å². The maximum atomic E-state index is 14.1. The van der Waals surface area contributed by atoms with Gasteiger partial charge in [0.1, 0.15) is 11.6 Å².